The molecule has 0 aliphatic rings. The van der Waals surface area contributed by atoms with E-state index in [9.17, 15) is 19.5 Å². The van der Waals surface area contributed by atoms with Crippen molar-refractivity contribution in [2.24, 2.45) is 0 Å². The first kappa shape index (κ1) is 28.8. The lowest BCUT2D eigenvalue weighted by atomic mass is 10.0. The number of nitrogens with zero attached hydrogens (tertiary/aromatic N) is 1. The zero-order valence-electron chi connectivity index (χ0n) is 22.3. The van der Waals surface area contributed by atoms with Crippen LogP contribution in [0.15, 0.2) is 66.7 Å². The van der Waals surface area contributed by atoms with Crippen LogP contribution in [0.4, 0.5) is 10.5 Å². The highest BCUT2D eigenvalue weighted by Gasteiger charge is 2.37. The van der Waals surface area contributed by atoms with Crippen LogP contribution in [-0.4, -0.2) is 51.4 Å². The Kier molecular flexibility index (Phi) is 9.27. The summed E-state index contributed by atoms with van der Waals surface area (Å²) in [6.45, 7) is 8.72. The Labute approximate surface area is 228 Å². The van der Waals surface area contributed by atoms with Crippen LogP contribution in [0, 0.1) is 0 Å². The molecule has 202 valence electrons. The van der Waals surface area contributed by atoms with Crippen molar-refractivity contribution in [3.05, 3.63) is 72.3 Å². The second-order valence-electron chi connectivity index (χ2n) is 10.3. The second kappa shape index (κ2) is 12.2. The molecule has 0 bridgehead atoms. The molecule has 9 heteroatoms. The molecule has 0 aromatic heterocycles. The Balaban J connectivity index is 1.97. The van der Waals surface area contributed by atoms with E-state index in [2.05, 4.69) is 23.3 Å². The fourth-order valence-electron chi connectivity index (χ4n) is 4.11. The number of phenols is 1. The fraction of sp³-hybridized carbons (Fsp3) is 0.345. The van der Waals surface area contributed by atoms with E-state index >= 15 is 0 Å². The van der Waals surface area contributed by atoms with Gasteiger partial charge in [0.25, 0.3) is 5.91 Å². The normalized spacial score (nSPS) is 13.0. The minimum absolute atomic E-state index is 0.0135. The molecule has 0 spiro atoms. The van der Waals surface area contributed by atoms with E-state index in [1.54, 1.807) is 52.8 Å². The van der Waals surface area contributed by atoms with Gasteiger partial charge in [0.15, 0.2) is 0 Å². The Morgan fingerprint density at radius 2 is 1.66 bits per heavy atom. The molecule has 3 N–H and O–H groups in total. The van der Waals surface area contributed by atoms with E-state index in [1.807, 2.05) is 36.4 Å². The monoisotopic (exact) mass is 537 g/mol. The van der Waals surface area contributed by atoms with Gasteiger partial charge in [0, 0.05) is 17.5 Å². The van der Waals surface area contributed by atoms with E-state index in [0.29, 0.717) is 11.3 Å². The Morgan fingerprint density at radius 3 is 2.26 bits per heavy atom. The first-order valence-corrected chi connectivity index (χ1v) is 13.0. The van der Waals surface area contributed by atoms with Crippen molar-refractivity contribution < 1.29 is 24.2 Å². The number of benzene rings is 3. The summed E-state index contributed by atoms with van der Waals surface area (Å²) in [6.07, 6.45) is -0.761. The number of hydrogen-bond acceptors (Lipinski definition) is 6. The highest BCUT2D eigenvalue weighted by atomic mass is 32.1. The predicted octanol–water partition coefficient (Wildman–Crippen LogP) is 5.29. The number of carbonyl (C=O) groups is 3. The molecule has 3 rings (SSSR count). The van der Waals surface area contributed by atoms with Gasteiger partial charge < -0.3 is 25.4 Å². The number of rotatable bonds is 8. The standard InChI is InChI=1S/C29H35N3O5S/c1-18(2)32(27(35)24(17-38)31-28(36)37-29(3,4)5)25(21-11-8-12-23(33)16-21)26(34)30-22-14-13-19-9-6-7-10-20(19)15-22/h6-16,18,24-25,33,38H,17H2,1-5H3,(H,30,34)(H,31,36). The molecule has 3 aromatic rings. The minimum atomic E-state index is -1.11. The zero-order chi connectivity index (χ0) is 28.0. The van der Waals surface area contributed by atoms with Gasteiger partial charge in [-0.05, 0) is 75.2 Å². The lowest BCUT2D eigenvalue weighted by Crippen LogP contribution is -2.55. The van der Waals surface area contributed by atoms with Gasteiger partial charge in [0.2, 0.25) is 5.91 Å². The highest BCUT2D eigenvalue weighted by molar-refractivity contribution is 7.80. The number of amides is 3. The maximum Gasteiger partial charge on any atom is 0.408 e. The first-order valence-electron chi connectivity index (χ1n) is 12.4. The van der Waals surface area contributed by atoms with Crippen LogP contribution >= 0.6 is 12.6 Å². The highest BCUT2D eigenvalue weighted by Crippen LogP contribution is 2.29. The molecule has 8 nitrogen and oxygen atoms in total. The van der Waals surface area contributed by atoms with Gasteiger partial charge in [0.1, 0.15) is 23.4 Å². The predicted molar refractivity (Wildman–Crippen MR) is 152 cm³/mol. The summed E-state index contributed by atoms with van der Waals surface area (Å²) in [5.74, 6) is -1.04. The van der Waals surface area contributed by atoms with Crippen molar-refractivity contribution >= 4 is 47.0 Å². The van der Waals surface area contributed by atoms with Gasteiger partial charge in [-0.3, -0.25) is 9.59 Å². The quantitative estimate of drug-likeness (QED) is 0.292. The molecular weight excluding hydrogens is 502 g/mol. The Bertz CT molecular complexity index is 1300. The molecule has 3 aromatic carbocycles. The third-order valence-electron chi connectivity index (χ3n) is 5.71. The van der Waals surface area contributed by atoms with Crippen molar-refractivity contribution in [1.29, 1.82) is 0 Å². The first-order chi connectivity index (χ1) is 17.9. The smallest absolute Gasteiger partial charge is 0.408 e. The largest absolute Gasteiger partial charge is 0.508 e. The average Bonchev–Trinajstić information content (AvgIpc) is 2.83. The summed E-state index contributed by atoms with van der Waals surface area (Å²) in [4.78, 5) is 41.5. The molecule has 38 heavy (non-hydrogen) atoms. The molecule has 0 aliphatic heterocycles. The van der Waals surface area contributed by atoms with Crippen LogP contribution in [0.2, 0.25) is 0 Å². The molecule has 0 heterocycles. The molecule has 0 aliphatic carbocycles. The molecule has 0 saturated carbocycles. The van der Waals surface area contributed by atoms with Gasteiger partial charge in [-0.15, -0.1) is 0 Å². The van der Waals surface area contributed by atoms with Gasteiger partial charge in [-0.2, -0.15) is 12.6 Å². The minimum Gasteiger partial charge on any atom is -0.508 e. The zero-order valence-corrected chi connectivity index (χ0v) is 23.2. The number of alkyl carbamates (subject to hydrolysis) is 1. The maximum atomic E-state index is 13.8. The van der Waals surface area contributed by atoms with Gasteiger partial charge in [-0.1, -0.05) is 42.5 Å². The van der Waals surface area contributed by atoms with Crippen molar-refractivity contribution in [1.82, 2.24) is 10.2 Å². The molecule has 2 atom stereocenters. The van der Waals surface area contributed by atoms with Crippen LogP contribution in [-0.2, 0) is 14.3 Å². The number of hydrogen-bond donors (Lipinski definition) is 4. The van der Waals surface area contributed by atoms with Crippen molar-refractivity contribution in [2.45, 2.75) is 58.3 Å². The topological polar surface area (TPSA) is 108 Å². The molecule has 3 amide bonds. The average molecular weight is 538 g/mol. The number of carbonyl (C=O) groups excluding carboxylic acids is 3. The summed E-state index contributed by atoms with van der Waals surface area (Å²) < 4.78 is 5.32. The second-order valence-corrected chi connectivity index (χ2v) is 10.6. The van der Waals surface area contributed by atoms with Crippen LogP contribution in [0.1, 0.15) is 46.2 Å². The number of thiol groups is 1. The lowest BCUT2D eigenvalue weighted by Gasteiger charge is -2.37. The summed E-state index contributed by atoms with van der Waals surface area (Å²) >= 11 is 4.28. The van der Waals surface area contributed by atoms with Gasteiger partial charge >= 0.3 is 6.09 Å². The van der Waals surface area contributed by atoms with Crippen LogP contribution in [0.25, 0.3) is 10.8 Å². The number of phenolic OH excluding ortho intramolecular Hbond substituents is 1. The number of nitrogens with one attached hydrogen (secondary N) is 2. The molecule has 2 unspecified atom stereocenters. The van der Waals surface area contributed by atoms with Crippen molar-refractivity contribution in [3.8, 4) is 5.75 Å². The lowest BCUT2D eigenvalue weighted by molar-refractivity contribution is -0.142. The van der Waals surface area contributed by atoms with Crippen molar-refractivity contribution in [3.63, 3.8) is 0 Å². The van der Waals surface area contributed by atoms with Crippen LogP contribution in [0.3, 0.4) is 0 Å². The third-order valence-corrected chi connectivity index (χ3v) is 6.08. The van der Waals surface area contributed by atoms with Crippen molar-refractivity contribution in [2.75, 3.05) is 11.1 Å². The molecule has 0 radical (unpaired) electrons. The SMILES string of the molecule is CC(C)N(C(=O)C(CS)NC(=O)OC(C)(C)C)C(C(=O)Nc1ccc2ccccc2c1)c1cccc(O)c1. The summed E-state index contributed by atoms with van der Waals surface area (Å²) in [5.41, 5.74) is 0.226. The summed E-state index contributed by atoms with van der Waals surface area (Å²) in [5, 5.41) is 17.7. The number of ether oxygens (including phenoxy) is 1. The summed E-state index contributed by atoms with van der Waals surface area (Å²) in [6, 6.07) is 16.9. The Hall–Kier alpha value is -3.72. The Morgan fingerprint density at radius 1 is 0.974 bits per heavy atom. The molecule has 0 saturated heterocycles. The number of aromatic hydroxyl groups is 1. The van der Waals surface area contributed by atoms with E-state index in [1.165, 1.54) is 17.0 Å². The van der Waals surface area contributed by atoms with Gasteiger partial charge in [-0.25, -0.2) is 4.79 Å². The van der Waals surface area contributed by atoms with E-state index in [-0.39, 0.29) is 11.5 Å². The van der Waals surface area contributed by atoms with Crippen LogP contribution in [0.5, 0.6) is 5.75 Å². The van der Waals surface area contributed by atoms with E-state index < -0.39 is 41.6 Å². The maximum absolute atomic E-state index is 13.8. The number of anilines is 1. The summed E-state index contributed by atoms with van der Waals surface area (Å²) in [7, 11) is 0. The van der Waals surface area contributed by atoms with E-state index in [4.69, 9.17) is 4.74 Å². The molecule has 0 fully saturated rings. The van der Waals surface area contributed by atoms with E-state index in [0.717, 1.165) is 10.8 Å². The third kappa shape index (κ3) is 7.41. The number of fused-ring (bicyclic) bond motifs is 1. The fourth-order valence-corrected chi connectivity index (χ4v) is 4.35. The molecular formula is C29H35N3O5S. The van der Waals surface area contributed by atoms with Gasteiger partial charge in [0.05, 0.1) is 0 Å². The van der Waals surface area contributed by atoms with Crippen LogP contribution < -0.4 is 10.6 Å².